The normalized spacial score (nSPS) is 10.8. The number of hydrogen-bond acceptors (Lipinski definition) is 4. The number of anilines is 1. The Hall–Kier alpha value is -1.80. The number of tetrazole rings is 1. The number of rotatable bonds is 2. The zero-order chi connectivity index (χ0) is 15.0. The standard InChI is InChI=1S/C13H8Br2FN5/c14-9-2-1-3-10(15)12(9)21-13(18-19-20-21)8-6-7(17)4-5-11(8)16/h1-6H,17H2. The van der Waals surface area contributed by atoms with E-state index in [9.17, 15) is 4.39 Å². The molecule has 2 aromatic carbocycles. The summed E-state index contributed by atoms with van der Waals surface area (Å²) in [5.41, 5.74) is 7.07. The minimum atomic E-state index is -0.441. The fourth-order valence-electron chi connectivity index (χ4n) is 1.91. The summed E-state index contributed by atoms with van der Waals surface area (Å²) in [6, 6.07) is 9.84. The van der Waals surface area contributed by atoms with E-state index in [1.165, 1.54) is 22.9 Å². The fraction of sp³-hybridized carbons (Fsp3) is 0. The summed E-state index contributed by atoms with van der Waals surface area (Å²) in [6.45, 7) is 0. The van der Waals surface area contributed by atoms with E-state index in [1.54, 1.807) is 0 Å². The van der Waals surface area contributed by atoms with Crippen LogP contribution in [0.25, 0.3) is 17.1 Å². The molecule has 0 amide bonds. The Balaban J connectivity index is 2.25. The van der Waals surface area contributed by atoms with Gasteiger partial charge in [-0.3, -0.25) is 0 Å². The van der Waals surface area contributed by atoms with Crippen LogP contribution in [-0.4, -0.2) is 20.2 Å². The second-order valence-corrected chi connectivity index (χ2v) is 5.93. The maximum atomic E-state index is 14.0. The third-order valence-corrected chi connectivity index (χ3v) is 4.13. The quantitative estimate of drug-likeness (QED) is 0.653. The maximum absolute atomic E-state index is 14.0. The number of nitrogen functional groups attached to an aromatic ring is 1. The molecule has 1 heterocycles. The van der Waals surface area contributed by atoms with Gasteiger partial charge in [0, 0.05) is 14.6 Å². The van der Waals surface area contributed by atoms with Gasteiger partial charge in [0.05, 0.1) is 11.3 Å². The number of halogens is 3. The van der Waals surface area contributed by atoms with Crippen LogP contribution in [0.5, 0.6) is 0 Å². The molecule has 0 atom stereocenters. The van der Waals surface area contributed by atoms with Crippen LogP contribution < -0.4 is 5.73 Å². The molecular weight excluding hydrogens is 405 g/mol. The lowest BCUT2D eigenvalue weighted by atomic mass is 10.1. The Kier molecular flexibility index (Phi) is 3.73. The van der Waals surface area contributed by atoms with E-state index in [0.29, 0.717) is 11.4 Å². The largest absolute Gasteiger partial charge is 0.399 e. The first-order valence-electron chi connectivity index (χ1n) is 5.86. The van der Waals surface area contributed by atoms with Crippen LogP contribution in [0.4, 0.5) is 10.1 Å². The molecule has 0 aliphatic carbocycles. The summed E-state index contributed by atoms with van der Waals surface area (Å²) in [4.78, 5) is 0. The molecule has 3 aromatic rings. The summed E-state index contributed by atoms with van der Waals surface area (Å²) in [7, 11) is 0. The van der Waals surface area contributed by atoms with Gasteiger partial charge < -0.3 is 5.73 Å². The predicted octanol–water partition coefficient (Wildman–Crippen LogP) is 3.58. The highest BCUT2D eigenvalue weighted by Gasteiger charge is 2.18. The van der Waals surface area contributed by atoms with Gasteiger partial charge in [0.2, 0.25) is 0 Å². The van der Waals surface area contributed by atoms with Crippen LogP contribution in [0.2, 0.25) is 0 Å². The smallest absolute Gasteiger partial charge is 0.190 e. The Morgan fingerprint density at radius 2 is 1.81 bits per heavy atom. The van der Waals surface area contributed by atoms with E-state index in [1.807, 2.05) is 18.2 Å². The molecule has 0 radical (unpaired) electrons. The van der Waals surface area contributed by atoms with Gasteiger partial charge in [0.25, 0.3) is 0 Å². The van der Waals surface area contributed by atoms with Crippen molar-refractivity contribution in [1.29, 1.82) is 0 Å². The van der Waals surface area contributed by atoms with Gasteiger partial charge in [0.15, 0.2) is 5.82 Å². The van der Waals surface area contributed by atoms with Gasteiger partial charge in [0.1, 0.15) is 5.82 Å². The molecule has 0 saturated carbocycles. The number of nitrogens with zero attached hydrogens (tertiary/aromatic N) is 4. The van der Waals surface area contributed by atoms with E-state index >= 15 is 0 Å². The van der Waals surface area contributed by atoms with E-state index in [0.717, 1.165) is 8.95 Å². The van der Waals surface area contributed by atoms with Crippen LogP contribution in [0.3, 0.4) is 0 Å². The average Bonchev–Trinajstić information content (AvgIpc) is 2.90. The van der Waals surface area contributed by atoms with Crippen LogP contribution in [0.1, 0.15) is 0 Å². The molecular formula is C13H8Br2FN5. The van der Waals surface area contributed by atoms with Crippen molar-refractivity contribution in [2.45, 2.75) is 0 Å². The number of nitrogens with two attached hydrogens (primary N) is 1. The van der Waals surface area contributed by atoms with E-state index in [2.05, 4.69) is 47.4 Å². The predicted molar refractivity (Wildman–Crippen MR) is 84.4 cm³/mol. The summed E-state index contributed by atoms with van der Waals surface area (Å²) in [5.74, 6) is -0.171. The third kappa shape index (κ3) is 2.56. The van der Waals surface area contributed by atoms with Crippen molar-refractivity contribution in [1.82, 2.24) is 20.2 Å². The first-order valence-corrected chi connectivity index (χ1v) is 7.44. The fourth-order valence-corrected chi connectivity index (χ4v) is 3.25. The summed E-state index contributed by atoms with van der Waals surface area (Å²) in [5, 5.41) is 11.5. The lowest BCUT2D eigenvalue weighted by molar-refractivity contribution is 0.629. The van der Waals surface area contributed by atoms with Gasteiger partial charge >= 0.3 is 0 Å². The zero-order valence-corrected chi connectivity index (χ0v) is 13.6. The molecule has 1 aromatic heterocycles. The maximum Gasteiger partial charge on any atom is 0.190 e. The molecule has 0 aliphatic rings. The molecule has 3 rings (SSSR count). The number of para-hydroxylation sites is 1. The highest BCUT2D eigenvalue weighted by molar-refractivity contribution is 9.11. The Morgan fingerprint density at radius 3 is 2.52 bits per heavy atom. The molecule has 5 nitrogen and oxygen atoms in total. The highest BCUT2D eigenvalue weighted by atomic mass is 79.9. The van der Waals surface area contributed by atoms with Gasteiger partial charge in [-0.25, -0.2) is 4.39 Å². The van der Waals surface area contributed by atoms with E-state index < -0.39 is 5.82 Å². The van der Waals surface area contributed by atoms with Crippen molar-refractivity contribution in [3.8, 4) is 17.1 Å². The minimum absolute atomic E-state index is 0.239. The van der Waals surface area contributed by atoms with Gasteiger partial charge in [-0.2, -0.15) is 4.68 Å². The SMILES string of the molecule is Nc1ccc(F)c(-c2nnnn2-c2c(Br)cccc2Br)c1. The van der Waals surface area contributed by atoms with Crippen LogP contribution in [0.15, 0.2) is 45.3 Å². The molecule has 0 fully saturated rings. The molecule has 21 heavy (non-hydrogen) atoms. The molecule has 8 heteroatoms. The zero-order valence-electron chi connectivity index (χ0n) is 10.5. The first-order chi connectivity index (χ1) is 10.1. The molecule has 2 N–H and O–H groups in total. The number of benzene rings is 2. The lowest BCUT2D eigenvalue weighted by Gasteiger charge is -2.09. The summed E-state index contributed by atoms with van der Waals surface area (Å²) < 4.78 is 17.0. The molecule has 0 spiro atoms. The van der Waals surface area contributed by atoms with Gasteiger partial charge in [-0.1, -0.05) is 6.07 Å². The average molecular weight is 413 g/mol. The monoisotopic (exact) mass is 411 g/mol. The number of hydrogen-bond donors (Lipinski definition) is 1. The van der Waals surface area contributed by atoms with Crippen LogP contribution >= 0.6 is 31.9 Å². The van der Waals surface area contributed by atoms with Crippen molar-refractivity contribution in [3.05, 3.63) is 51.2 Å². The third-order valence-electron chi connectivity index (χ3n) is 2.85. The van der Waals surface area contributed by atoms with E-state index in [-0.39, 0.29) is 11.4 Å². The second kappa shape index (κ2) is 5.53. The highest BCUT2D eigenvalue weighted by Crippen LogP contribution is 2.32. The van der Waals surface area contributed by atoms with Gasteiger partial charge in [-0.05, 0) is 72.6 Å². The van der Waals surface area contributed by atoms with Crippen molar-refractivity contribution < 1.29 is 4.39 Å². The molecule has 106 valence electrons. The topological polar surface area (TPSA) is 69.6 Å². The molecule has 0 saturated heterocycles. The van der Waals surface area contributed by atoms with E-state index in [4.69, 9.17) is 5.73 Å². The second-order valence-electron chi connectivity index (χ2n) is 4.22. The van der Waals surface area contributed by atoms with Gasteiger partial charge in [-0.15, -0.1) is 5.10 Å². The molecule has 0 bridgehead atoms. The Labute approximate surface area is 136 Å². The summed E-state index contributed by atoms with van der Waals surface area (Å²) in [6.07, 6.45) is 0. The van der Waals surface area contributed by atoms with Crippen LogP contribution in [0, 0.1) is 5.82 Å². The van der Waals surface area contributed by atoms with Crippen molar-refractivity contribution in [2.75, 3.05) is 5.73 Å². The van der Waals surface area contributed by atoms with Crippen molar-refractivity contribution in [2.24, 2.45) is 0 Å². The molecule has 0 aliphatic heterocycles. The number of aromatic nitrogens is 4. The van der Waals surface area contributed by atoms with Crippen LogP contribution in [-0.2, 0) is 0 Å². The minimum Gasteiger partial charge on any atom is -0.399 e. The van der Waals surface area contributed by atoms with Crippen molar-refractivity contribution >= 4 is 37.5 Å². The first kappa shape index (κ1) is 14.2. The Bertz CT molecular complexity index is 798. The lowest BCUT2D eigenvalue weighted by Crippen LogP contribution is -2.03. The molecule has 0 unspecified atom stereocenters. The summed E-state index contributed by atoms with van der Waals surface area (Å²) >= 11 is 6.89. The Morgan fingerprint density at radius 1 is 1.10 bits per heavy atom. The van der Waals surface area contributed by atoms with Crippen molar-refractivity contribution in [3.63, 3.8) is 0 Å².